The Morgan fingerprint density at radius 3 is 2.42 bits per heavy atom. The Balaban J connectivity index is 1.45. The molecule has 1 saturated carbocycles. The molecule has 2 fully saturated rings. The number of likely N-dealkylation sites (tertiary alicyclic amines) is 1. The van der Waals surface area contributed by atoms with Crippen molar-refractivity contribution >= 4 is 5.91 Å². The number of nitrogens with zero attached hydrogens (tertiary/aromatic N) is 1. The van der Waals surface area contributed by atoms with Gasteiger partial charge in [-0.1, -0.05) is 61.7 Å². The smallest absolute Gasteiger partial charge is 0.226 e. The van der Waals surface area contributed by atoms with E-state index in [1.807, 2.05) is 42.5 Å². The number of rotatable bonds is 4. The molecule has 1 amide bonds. The average Bonchev–Trinajstić information content (AvgIpc) is 3.05. The summed E-state index contributed by atoms with van der Waals surface area (Å²) >= 11 is 0. The lowest BCUT2D eigenvalue weighted by molar-refractivity contribution is -0.133. The fraction of sp³-hybridized carbons (Fsp3) is 0.435. The molecule has 0 spiro atoms. The Morgan fingerprint density at radius 1 is 0.923 bits per heavy atom. The minimum absolute atomic E-state index is 0.0611. The van der Waals surface area contributed by atoms with E-state index in [-0.39, 0.29) is 17.6 Å². The molecule has 2 nitrogen and oxygen atoms in total. The van der Waals surface area contributed by atoms with Crippen LogP contribution in [0.4, 0.5) is 4.39 Å². The number of halogens is 1. The van der Waals surface area contributed by atoms with Gasteiger partial charge in [-0.3, -0.25) is 4.79 Å². The van der Waals surface area contributed by atoms with E-state index in [2.05, 4.69) is 4.90 Å². The van der Waals surface area contributed by atoms with Crippen LogP contribution < -0.4 is 0 Å². The first-order valence-electron chi connectivity index (χ1n) is 9.87. The average molecular weight is 351 g/mol. The molecule has 2 aromatic carbocycles. The van der Waals surface area contributed by atoms with Gasteiger partial charge >= 0.3 is 0 Å². The monoisotopic (exact) mass is 351 g/mol. The predicted octanol–water partition coefficient (Wildman–Crippen LogP) is 5.22. The molecule has 1 unspecified atom stereocenters. The van der Waals surface area contributed by atoms with Crippen LogP contribution in [0.25, 0.3) is 11.1 Å². The van der Waals surface area contributed by atoms with Gasteiger partial charge in [0.1, 0.15) is 5.82 Å². The summed E-state index contributed by atoms with van der Waals surface area (Å²) in [6, 6.07) is 15.7. The van der Waals surface area contributed by atoms with Gasteiger partial charge in [0.15, 0.2) is 0 Å². The van der Waals surface area contributed by atoms with E-state index in [0.717, 1.165) is 36.9 Å². The van der Waals surface area contributed by atoms with Crippen LogP contribution in [-0.4, -0.2) is 23.4 Å². The molecule has 0 N–H and O–H groups in total. The number of carbonyl (C=O) groups is 1. The lowest BCUT2D eigenvalue weighted by Crippen LogP contribution is -2.39. The highest BCUT2D eigenvalue weighted by Crippen LogP contribution is 2.31. The second-order valence-electron chi connectivity index (χ2n) is 7.69. The zero-order valence-corrected chi connectivity index (χ0v) is 15.2. The van der Waals surface area contributed by atoms with E-state index in [9.17, 15) is 9.18 Å². The summed E-state index contributed by atoms with van der Waals surface area (Å²) < 4.78 is 14.6. The third-order valence-corrected chi connectivity index (χ3v) is 5.99. The Kier molecular flexibility index (Phi) is 5.05. The van der Waals surface area contributed by atoms with Gasteiger partial charge < -0.3 is 4.90 Å². The largest absolute Gasteiger partial charge is 0.339 e. The van der Waals surface area contributed by atoms with Crippen LogP contribution in [0.3, 0.4) is 0 Å². The van der Waals surface area contributed by atoms with Gasteiger partial charge in [0.25, 0.3) is 0 Å². The molecule has 1 atom stereocenters. The van der Waals surface area contributed by atoms with Crippen molar-refractivity contribution in [1.82, 2.24) is 4.90 Å². The lowest BCUT2D eigenvalue weighted by atomic mass is 9.93. The van der Waals surface area contributed by atoms with Crippen molar-refractivity contribution in [3.63, 3.8) is 0 Å². The maximum atomic E-state index is 14.6. The molecule has 0 bridgehead atoms. The first-order chi connectivity index (χ1) is 12.7. The molecule has 2 aromatic rings. The minimum Gasteiger partial charge on any atom is -0.339 e. The number of amides is 1. The topological polar surface area (TPSA) is 20.3 Å². The molecule has 1 aliphatic heterocycles. The molecule has 0 radical (unpaired) electrons. The highest BCUT2D eigenvalue weighted by atomic mass is 19.1. The van der Waals surface area contributed by atoms with Gasteiger partial charge in [-0.05, 0) is 48.4 Å². The maximum Gasteiger partial charge on any atom is 0.226 e. The van der Waals surface area contributed by atoms with Crippen molar-refractivity contribution in [2.75, 3.05) is 6.54 Å². The first kappa shape index (κ1) is 17.3. The van der Waals surface area contributed by atoms with Crippen LogP contribution in [0.2, 0.25) is 0 Å². The van der Waals surface area contributed by atoms with Gasteiger partial charge in [-0.2, -0.15) is 0 Å². The normalized spacial score (nSPS) is 21.3. The molecule has 26 heavy (non-hydrogen) atoms. The number of benzene rings is 2. The molecule has 1 heterocycles. The highest BCUT2D eigenvalue weighted by molar-refractivity contribution is 5.81. The zero-order valence-electron chi connectivity index (χ0n) is 15.2. The Morgan fingerprint density at radius 2 is 1.69 bits per heavy atom. The molecule has 0 aromatic heterocycles. The number of hydrogen-bond donors (Lipinski definition) is 0. The van der Waals surface area contributed by atoms with Crippen LogP contribution in [0.5, 0.6) is 0 Å². The SMILES string of the molecule is O=C1C(Cc2ccc(-c3ccccc3)cc2F)CCN1C1CCCCC1. The quantitative estimate of drug-likeness (QED) is 0.740. The van der Waals surface area contributed by atoms with E-state index < -0.39 is 0 Å². The molecular weight excluding hydrogens is 325 g/mol. The molecule has 2 aliphatic rings. The van der Waals surface area contributed by atoms with Crippen LogP contribution in [0.15, 0.2) is 48.5 Å². The first-order valence-corrected chi connectivity index (χ1v) is 9.87. The van der Waals surface area contributed by atoms with Crippen molar-refractivity contribution < 1.29 is 9.18 Å². The van der Waals surface area contributed by atoms with Crippen LogP contribution in [-0.2, 0) is 11.2 Å². The zero-order chi connectivity index (χ0) is 17.9. The Bertz CT molecular complexity index is 767. The van der Waals surface area contributed by atoms with Gasteiger partial charge in [-0.15, -0.1) is 0 Å². The fourth-order valence-electron chi connectivity index (χ4n) is 4.50. The van der Waals surface area contributed by atoms with Crippen molar-refractivity contribution in [2.24, 2.45) is 5.92 Å². The van der Waals surface area contributed by atoms with Gasteiger partial charge in [0.05, 0.1) is 0 Å². The van der Waals surface area contributed by atoms with Gasteiger partial charge in [0, 0.05) is 18.5 Å². The highest BCUT2D eigenvalue weighted by Gasteiger charge is 2.36. The maximum absolute atomic E-state index is 14.6. The molecular formula is C23H26FNO. The Hall–Kier alpha value is -2.16. The van der Waals surface area contributed by atoms with Crippen molar-refractivity contribution in [3.8, 4) is 11.1 Å². The van der Waals surface area contributed by atoms with Crippen molar-refractivity contribution in [1.29, 1.82) is 0 Å². The molecule has 4 rings (SSSR count). The number of carbonyl (C=O) groups excluding carboxylic acids is 1. The Labute approximate surface area is 155 Å². The summed E-state index contributed by atoms with van der Waals surface area (Å²) in [5, 5.41) is 0. The molecule has 136 valence electrons. The molecule has 1 aliphatic carbocycles. The van der Waals surface area contributed by atoms with Gasteiger partial charge in [0.2, 0.25) is 5.91 Å². The second kappa shape index (κ2) is 7.61. The third kappa shape index (κ3) is 3.53. The minimum atomic E-state index is -0.199. The standard InChI is InChI=1S/C23H26FNO/c24-22-16-18(17-7-3-1-4-8-17)11-12-19(22)15-20-13-14-25(23(20)26)21-9-5-2-6-10-21/h1,3-4,7-8,11-12,16,20-21H,2,5-6,9-10,13-15H2. The van der Waals surface area contributed by atoms with Gasteiger partial charge in [-0.25, -0.2) is 4.39 Å². The summed E-state index contributed by atoms with van der Waals surface area (Å²) in [7, 11) is 0. The van der Waals surface area contributed by atoms with E-state index in [0.29, 0.717) is 18.0 Å². The summed E-state index contributed by atoms with van der Waals surface area (Å²) in [6.07, 6.45) is 7.40. The second-order valence-corrected chi connectivity index (χ2v) is 7.69. The number of hydrogen-bond acceptors (Lipinski definition) is 1. The summed E-state index contributed by atoms with van der Waals surface area (Å²) in [5.41, 5.74) is 2.56. The summed E-state index contributed by atoms with van der Waals surface area (Å²) in [6.45, 7) is 0.845. The molecule has 3 heteroatoms. The van der Waals surface area contributed by atoms with E-state index in [4.69, 9.17) is 0 Å². The van der Waals surface area contributed by atoms with E-state index in [1.165, 1.54) is 19.3 Å². The van der Waals surface area contributed by atoms with Crippen LogP contribution in [0.1, 0.15) is 44.1 Å². The van der Waals surface area contributed by atoms with Crippen LogP contribution >= 0.6 is 0 Å². The van der Waals surface area contributed by atoms with Crippen molar-refractivity contribution in [2.45, 2.75) is 51.0 Å². The van der Waals surface area contributed by atoms with E-state index >= 15 is 0 Å². The molecule has 1 saturated heterocycles. The van der Waals surface area contributed by atoms with Crippen molar-refractivity contribution in [3.05, 3.63) is 59.9 Å². The van der Waals surface area contributed by atoms with Crippen LogP contribution in [0, 0.1) is 11.7 Å². The fourth-order valence-corrected chi connectivity index (χ4v) is 4.50. The van der Waals surface area contributed by atoms with E-state index in [1.54, 1.807) is 6.07 Å². The summed E-state index contributed by atoms with van der Waals surface area (Å²) in [5.74, 6) is -0.0206. The lowest BCUT2D eigenvalue weighted by Gasteiger charge is -2.31. The summed E-state index contributed by atoms with van der Waals surface area (Å²) in [4.78, 5) is 14.9. The third-order valence-electron chi connectivity index (χ3n) is 5.99. The predicted molar refractivity (Wildman–Crippen MR) is 102 cm³/mol.